The summed E-state index contributed by atoms with van der Waals surface area (Å²) in [6, 6.07) is 22.4. The lowest BCUT2D eigenvalue weighted by Gasteiger charge is -2.29. The van der Waals surface area contributed by atoms with E-state index in [4.69, 9.17) is 4.74 Å². The molecule has 1 heterocycles. The van der Waals surface area contributed by atoms with Gasteiger partial charge in [-0.25, -0.2) is 0 Å². The van der Waals surface area contributed by atoms with Crippen LogP contribution < -0.4 is 15.0 Å². The van der Waals surface area contributed by atoms with Crippen molar-refractivity contribution in [3.8, 4) is 5.75 Å². The first-order valence-electron chi connectivity index (χ1n) is 14.9. The van der Waals surface area contributed by atoms with Crippen LogP contribution in [0, 0.1) is 0 Å². The number of nitrogens with one attached hydrogen (secondary N) is 1. The third-order valence-electron chi connectivity index (χ3n) is 7.94. The van der Waals surface area contributed by atoms with Crippen LogP contribution in [-0.2, 0) is 4.79 Å². The minimum Gasteiger partial charge on any atom is -0.497 e. The molecule has 0 aliphatic carbocycles. The molecule has 3 amide bonds. The van der Waals surface area contributed by atoms with Gasteiger partial charge in [0, 0.05) is 56.2 Å². The van der Waals surface area contributed by atoms with Gasteiger partial charge in [-0.1, -0.05) is 37.3 Å². The number of ether oxygens (including phenoxy) is 1. The van der Waals surface area contributed by atoms with Gasteiger partial charge in [-0.2, -0.15) is 0 Å². The van der Waals surface area contributed by atoms with Crippen LogP contribution in [0.1, 0.15) is 65.8 Å². The number of benzene rings is 3. The monoisotopic (exact) mass is 570 g/mol. The van der Waals surface area contributed by atoms with Gasteiger partial charge < -0.3 is 24.8 Å². The molecule has 1 N–H and O–H groups in total. The summed E-state index contributed by atoms with van der Waals surface area (Å²) in [5.41, 5.74) is 3.45. The summed E-state index contributed by atoms with van der Waals surface area (Å²) in [6.45, 7) is 9.74. The van der Waals surface area contributed by atoms with Crippen LogP contribution in [0.15, 0.2) is 72.8 Å². The average Bonchev–Trinajstić information content (AvgIpc) is 3.29. The second kappa shape index (κ2) is 14.5. The molecular formula is C34H42N4O4. The molecule has 0 bridgehead atoms. The predicted molar refractivity (Wildman–Crippen MR) is 168 cm³/mol. The molecule has 0 spiro atoms. The van der Waals surface area contributed by atoms with Crippen molar-refractivity contribution in [3.05, 3.63) is 89.5 Å². The van der Waals surface area contributed by atoms with Crippen LogP contribution >= 0.6 is 0 Å². The minimum atomic E-state index is -0.264. The van der Waals surface area contributed by atoms with Gasteiger partial charge in [0.1, 0.15) is 5.75 Å². The first-order valence-corrected chi connectivity index (χ1v) is 14.9. The number of amides is 3. The molecule has 1 atom stereocenters. The Kier molecular flexibility index (Phi) is 10.6. The maximum absolute atomic E-state index is 13.7. The van der Waals surface area contributed by atoms with Gasteiger partial charge in [-0.05, 0) is 74.7 Å². The summed E-state index contributed by atoms with van der Waals surface area (Å²) in [4.78, 5) is 46.2. The predicted octanol–water partition coefficient (Wildman–Crippen LogP) is 5.66. The molecule has 8 heteroatoms. The van der Waals surface area contributed by atoms with Crippen molar-refractivity contribution < 1.29 is 19.1 Å². The van der Waals surface area contributed by atoms with Crippen LogP contribution in [0.5, 0.6) is 5.75 Å². The fourth-order valence-corrected chi connectivity index (χ4v) is 5.53. The Morgan fingerprint density at radius 2 is 1.60 bits per heavy atom. The number of anilines is 2. The molecule has 3 aromatic rings. The highest BCUT2D eigenvalue weighted by molar-refractivity contribution is 6.06. The van der Waals surface area contributed by atoms with E-state index in [1.165, 1.54) is 0 Å². The smallest absolute Gasteiger partial charge is 0.256 e. The SMILES string of the molecule is CC[C@@H](C(=O)N1CCCN(c2ccc(NC(=O)c3ccc(OC)cc3)cc2C(=O)N(CC)CC)CC1)c1ccccc1. The molecule has 0 aromatic heterocycles. The van der Waals surface area contributed by atoms with Crippen LogP contribution in [0.3, 0.4) is 0 Å². The molecule has 3 aromatic carbocycles. The minimum absolute atomic E-state index is 0.0807. The molecule has 222 valence electrons. The van der Waals surface area contributed by atoms with Gasteiger partial charge in [-0.3, -0.25) is 14.4 Å². The lowest BCUT2D eigenvalue weighted by molar-refractivity contribution is -0.132. The topological polar surface area (TPSA) is 82.2 Å². The zero-order valence-electron chi connectivity index (χ0n) is 25.1. The molecule has 0 saturated carbocycles. The third kappa shape index (κ3) is 7.11. The number of carbonyl (C=O) groups excluding carboxylic acids is 3. The maximum Gasteiger partial charge on any atom is 0.256 e. The summed E-state index contributed by atoms with van der Waals surface area (Å²) in [5, 5.41) is 2.94. The van der Waals surface area contributed by atoms with Gasteiger partial charge in [0.15, 0.2) is 0 Å². The van der Waals surface area contributed by atoms with E-state index >= 15 is 0 Å². The van der Waals surface area contributed by atoms with Gasteiger partial charge in [0.25, 0.3) is 11.8 Å². The van der Waals surface area contributed by atoms with E-state index in [-0.39, 0.29) is 23.6 Å². The highest BCUT2D eigenvalue weighted by atomic mass is 16.5. The van der Waals surface area contributed by atoms with E-state index in [2.05, 4.69) is 17.1 Å². The number of methoxy groups -OCH3 is 1. The van der Waals surface area contributed by atoms with Gasteiger partial charge in [0.2, 0.25) is 5.91 Å². The van der Waals surface area contributed by atoms with E-state index in [0.29, 0.717) is 55.3 Å². The molecule has 1 aliphatic heterocycles. The van der Waals surface area contributed by atoms with E-state index in [1.54, 1.807) is 42.3 Å². The van der Waals surface area contributed by atoms with Gasteiger partial charge >= 0.3 is 0 Å². The number of hydrogen-bond donors (Lipinski definition) is 1. The molecule has 0 unspecified atom stereocenters. The van der Waals surface area contributed by atoms with Crippen LogP contribution in [-0.4, -0.2) is 73.9 Å². The Labute approximate surface area is 249 Å². The van der Waals surface area contributed by atoms with Gasteiger partial charge in [0.05, 0.1) is 18.6 Å². The van der Waals surface area contributed by atoms with Crippen molar-refractivity contribution in [3.63, 3.8) is 0 Å². The van der Waals surface area contributed by atoms with Crippen molar-refractivity contribution in [1.82, 2.24) is 9.80 Å². The Morgan fingerprint density at radius 3 is 2.24 bits per heavy atom. The van der Waals surface area contributed by atoms with Crippen molar-refractivity contribution in [2.75, 3.05) is 56.6 Å². The fraction of sp³-hybridized carbons (Fsp3) is 0.382. The van der Waals surface area contributed by atoms with Crippen LogP contribution in [0.4, 0.5) is 11.4 Å². The molecule has 1 aliphatic rings. The lowest BCUT2D eigenvalue weighted by Crippen LogP contribution is -2.38. The van der Waals surface area contributed by atoms with Crippen molar-refractivity contribution >= 4 is 29.1 Å². The highest BCUT2D eigenvalue weighted by Crippen LogP contribution is 2.29. The largest absolute Gasteiger partial charge is 0.497 e. The third-order valence-corrected chi connectivity index (χ3v) is 7.94. The van der Waals surface area contributed by atoms with E-state index < -0.39 is 0 Å². The number of hydrogen-bond acceptors (Lipinski definition) is 5. The Morgan fingerprint density at radius 1 is 0.881 bits per heavy atom. The lowest BCUT2D eigenvalue weighted by atomic mass is 9.95. The highest BCUT2D eigenvalue weighted by Gasteiger charge is 2.28. The van der Waals surface area contributed by atoms with E-state index in [1.807, 2.05) is 61.2 Å². The molecule has 42 heavy (non-hydrogen) atoms. The average molecular weight is 571 g/mol. The zero-order valence-corrected chi connectivity index (χ0v) is 25.1. The molecule has 8 nitrogen and oxygen atoms in total. The first-order chi connectivity index (χ1) is 20.4. The summed E-state index contributed by atoms with van der Waals surface area (Å²) in [7, 11) is 1.58. The quantitative estimate of drug-likeness (QED) is 0.340. The summed E-state index contributed by atoms with van der Waals surface area (Å²) >= 11 is 0. The van der Waals surface area contributed by atoms with E-state index in [0.717, 1.165) is 30.6 Å². The number of rotatable bonds is 10. The van der Waals surface area contributed by atoms with Crippen molar-refractivity contribution in [2.24, 2.45) is 0 Å². The molecule has 1 saturated heterocycles. The van der Waals surface area contributed by atoms with Gasteiger partial charge in [-0.15, -0.1) is 0 Å². The summed E-state index contributed by atoms with van der Waals surface area (Å²) in [5.74, 6) is 0.320. The zero-order chi connectivity index (χ0) is 30.1. The Hall–Kier alpha value is -4.33. The second-order valence-electron chi connectivity index (χ2n) is 10.4. The Bertz CT molecular complexity index is 1360. The molecule has 0 radical (unpaired) electrons. The van der Waals surface area contributed by atoms with Crippen molar-refractivity contribution in [1.29, 1.82) is 0 Å². The second-order valence-corrected chi connectivity index (χ2v) is 10.4. The molecule has 1 fully saturated rings. The summed E-state index contributed by atoms with van der Waals surface area (Å²) < 4.78 is 5.19. The molecule has 4 rings (SSSR count). The van der Waals surface area contributed by atoms with Crippen LogP contribution in [0.25, 0.3) is 0 Å². The normalized spacial score (nSPS) is 14.1. The standard InChI is InChI=1S/C34H42N4O4/c1-5-29(25-12-9-8-10-13-25)33(40)38-21-11-20-37(22-23-38)31-19-16-27(24-30(31)34(41)36(6-2)7-3)35-32(39)26-14-17-28(42-4)18-15-26/h8-10,12-19,24,29H,5-7,11,20-23H2,1-4H3,(H,35,39)/t29-/m1/s1. The molecular weight excluding hydrogens is 528 g/mol. The van der Waals surface area contributed by atoms with Crippen LogP contribution in [0.2, 0.25) is 0 Å². The number of nitrogens with zero attached hydrogens (tertiary/aromatic N) is 3. The van der Waals surface area contributed by atoms with Crippen molar-refractivity contribution in [2.45, 2.75) is 39.5 Å². The number of carbonyl (C=O) groups is 3. The maximum atomic E-state index is 13.7. The summed E-state index contributed by atoms with van der Waals surface area (Å²) in [6.07, 6.45) is 1.54. The Balaban J connectivity index is 1.56. The fourth-order valence-electron chi connectivity index (χ4n) is 5.53. The first kappa shape index (κ1) is 30.6. The van der Waals surface area contributed by atoms with E-state index in [9.17, 15) is 14.4 Å².